The van der Waals surface area contributed by atoms with Gasteiger partial charge in [-0.2, -0.15) is 11.8 Å². The number of nitrogens with one attached hydrogen (secondary N) is 2. The first kappa shape index (κ1) is 24.1. The lowest BCUT2D eigenvalue weighted by atomic mass is 9.95. The van der Waals surface area contributed by atoms with E-state index in [-0.39, 0.29) is 29.9 Å². The van der Waals surface area contributed by atoms with Gasteiger partial charge in [0.1, 0.15) is 0 Å². The highest BCUT2D eigenvalue weighted by Crippen LogP contribution is 2.26. The van der Waals surface area contributed by atoms with Crippen molar-refractivity contribution in [1.82, 2.24) is 15.5 Å². The summed E-state index contributed by atoms with van der Waals surface area (Å²) in [4.78, 5) is 18.0. The first-order chi connectivity index (χ1) is 12.5. The molecule has 2 atom stereocenters. The molecule has 1 saturated carbocycles. The molecule has 1 aliphatic rings. The summed E-state index contributed by atoms with van der Waals surface area (Å²) in [6, 6.07) is 8.36. The van der Waals surface area contributed by atoms with Crippen molar-refractivity contribution in [3.8, 4) is 0 Å². The summed E-state index contributed by atoms with van der Waals surface area (Å²) < 4.78 is 0. The van der Waals surface area contributed by atoms with E-state index in [1.807, 2.05) is 37.0 Å². The Labute approximate surface area is 185 Å². The number of nitrogens with zero attached hydrogens (tertiary/aromatic N) is 2. The van der Waals surface area contributed by atoms with E-state index >= 15 is 0 Å². The van der Waals surface area contributed by atoms with Gasteiger partial charge in [-0.3, -0.25) is 9.79 Å². The number of thioether (sulfide) groups is 1. The van der Waals surface area contributed by atoms with Crippen LogP contribution in [0, 0.1) is 0 Å². The number of carbonyl (C=O) groups excluding carboxylic acids is 1. The fourth-order valence-electron chi connectivity index (χ4n) is 3.32. The van der Waals surface area contributed by atoms with Crippen LogP contribution in [0.25, 0.3) is 0 Å². The van der Waals surface area contributed by atoms with Crippen molar-refractivity contribution in [3.05, 3.63) is 35.4 Å². The van der Waals surface area contributed by atoms with Crippen molar-refractivity contribution < 1.29 is 4.79 Å². The minimum atomic E-state index is 0. The molecule has 5 nitrogen and oxygen atoms in total. The van der Waals surface area contributed by atoms with E-state index in [1.54, 1.807) is 19.0 Å². The molecule has 27 heavy (non-hydrogen) atoms. The maximum atomic E-state index is 12.1. The molecular weight excluding hydrogens is 471 g/mol. The van der Waals surface area contributed by atoms with Gasteiger partial charge in [-0.05, 0) is 49.6 Å². The van der Waals surface area contributed by atoms with Crippen LogP contribution in [0.4, 0.5) is 0 Å². The third kappa shape index (κ3) is 7.89. The Balaban J connectivity index is 0.00000364. The van der Waals surface area contributed by atoms with E-state index in [2.05, 4.69) is 27.9 Å². The number of guanidine groups is 1. The minimum Gasteiger partial charge on any atom is -0.356 e. The van der Waals surface area contributed by atoms with Gasteiger partial charge >= 0.3 is 0 Å². The maximum Gasteiger partial charge on any atom is 0.253 e. The zero-order valence-electron chi connectivity index (χ0n) is 16.8. The zero-order chi connectivity index (χ0) is 18.9. The average molecular weight is 504 g/mol. The van der Waals surface area contributed by atoms with Crippen LogP contribution < -0.4 is 10.6 Å². The Hall–Kier alpha value is -0.960. The molecule has 0 saturated heterocycles. The first-order valence-electron chi connectivity index (χ1n) is 9.34. The molecule has 0 aliphatic heterocycles. The van der Waals surface area contributed by atoms with Crippen molar-refractivity contribution in [2.24, 2.45) is 4.99 Å². The molecule has 0 bridgehead atoms. The van der Waals surface area contributed by atoms with Gasteiger partial charge in [0.2, 0.25) is 0 Å². The summed E-state index contributed by atoms with van der Waals surface area (Å²) in [6.45, 7) is 0.790. The largest absolute Gasteiger partial charge is 0.356 e. The lowest BCUT2D eigenvalue weighted by molar-refractivity contribution is 0.0827. The van der Waals surface area contributed by atoms with Crippen molar-refractivity contribution in [2.45, 2.75) is 43.4 Å². The van der Waals surface area contributed by atoms with Gasteiger partial charge in [0.15, 0.2) is 5.96 Å². The van der Waals surface area contributed by atoms with Gasteiger partial charge < -0.3 is 15.5 Å². The lowest BCUT2D eigenvalue weighted by Crippen LogP contribution is -2.46. The third-order valence-corrected chi connectivity index (χ3v) is 5.90. The van der Waals surface area contributed by atoms with Gasteiger partial charge in [0.25, 0.3) is 5.91 Å². The van der Waals surface area contributed by atoms with Crippen molar-refractivity contribution in [3.63, 3.8) is 0 Å². The van der Waals surface area contributed by atoms with Crippen LogP contribution in [0.3, 0.4) is 0 Å². The molecule has 1 amide bonds. The molecule has 0 radical (unpaired) electrons. The van der Waals surface area contributed by atoms with E-state index in [4.69, 9.17) is 0 Å². The highest BCUT2D eigenvalue weighted by Gasteiger charge is 2.21. The second-order valence-electron chi connectivity index (χ2n) is 7.01. The van der Waals surface area contributed by atoms with Gasteiger partial charge in [-0.15, -0.1) is 24.0 Å². The number of hydrogen-bond acceptors (Lipinski definition) is 3. The summed E-state index contributed by atoms with van der Waals surface area (Å²) in [5, 5.41) is 7.73. The minimum absolute atomic E-state index is 0. The number of halogens is 1. The quantitative estimate of drug-likeness (QED) is 0.355. The van der Waals surface area contributed by atoms with Crippen LogP contribution in [0.15, 0.2) is 29.3 Å². The normalized spacial score (nSPS) is 19.8. The smallest absolute Gasteiger partial charge is 0.253 e. The molecular formula is C20H33IN4OS. The number of hydrogen-bond donors (Lipinski definition) is 2. The molecule has 1 aliphatic carbocycles. The van der Waals surface area contributed by atoms with Crippen LogP contribution in [0.5, 0.6) is 0 Å². The molecule has 2 unspecified atom stereocenters. The predicted molar refractivity (Wildman–Crippen MR) is 128 cm³/mol. The van der Waals surface area contributed by atoms with Crippen molar-refractivity contribution in [1.29, 1.82) is 0 Å². The summed E-state index contributed by atoms with van der Waals surface area (Å²) in [5.74, 6) is 0.912. The molecule has 0 heterocycles. The number of rotatable bonds is 6. The predicted octanol–water partition coefficient (Wildman–Crippen LogP) is 3.39. The average Bonchev–Trinajstić information content (AvgIpc) is 2.66. The molecule has 1 fully saturated rings. The number of carbonyl (C=O) groups is 1. The zero-order valence-corrected chi connectivity index (χ0v) is 20.0. The first-order valence-corrected chi connectivity index (χ1v) is 10.6. The summed E-state index contributed by atoms with van der Waals surface area (Å²) in [7, 11) is 5.37. The van der Waals surface area contributed by atoms with E-state index in [0.717, 1.165) is 35.3 Å². The van der Waals surface area contributed by atoms with E-state index in [1.165, 1.54) is 25.7 Å². The Morgan fingerprint density at radius 1 is 1.33 bits per heavy atom. The van der Waals surface area contributed by atoms with Crippen LogP contribution in [0.2, 0.25) is 0 Å². The summed E-state index contributed by atoms with van der Waals surface area (Å²) in [5.41, 5.74) is 1.89. The van der Waals surface area contributed by atoms with Gasteiger partial charge in [-0.1, -0.05) is 18.6 Å². The molecule has 2 N–H and O–H groups in total. The molecule has 152 valence electrons. The Morgan fingerprint density at radius 2 is 2.11 bits per heavy atom. The molecule has 1 aromatic carbocycles. The van der Waals surface area contributed by atoms with Gasteiger partial charge in [0.05, 0.1) is 0 Å². The topological polar surface area (TPSA) is 56.7 Å². The maximum absolute atomic E-state index is 12.1. The number of benzene rings is 1. The number of aliphatic imine (C=N–C) groups is 1. The highest BCUT2D eigenvalue weighted by atomic mass is 127. The van der Waals surface area contributed by atoms with Crippen LogP contribution in [0.1, 0.15) is 41.6 Å². The van der Waals surface area contributed by atoms with Crippen LogP contribution in [-0.2, 0) is 6.42 Å². The number of amides is 1. The second-order valence-corrected chi connectivity index (χ2v) is 8.15. The molecule has 0 aromatic heterocycles. The Morgan fingerprint density at radius 3 is 2.78 bits per heavy atom. The SMILES string of the molecule is CN=C(NCCc1cccc(C(=O)N(C)C)c1)NC1CCCC(SC)C1.I. The van der Waals surface area contributed by atoms with E-state index < -0.39 is 0 Å². The summed E-state index contributed by atoms with van der Waals surface area (Å²) in [6.07, 6.45) is 8.09. The Kier molecular flexibility index (Phi) is 11.1. The van der Waals surface area contributed by atoms with Crippen LogP contribution >= 0.6 is 35.7 Å². The van der Waals surface area contributed by atoms with Crippen molar-refractivity contribution >= 4 is 47.6 Å². The van der Waals surface area contributed by atoms with Gasteiger partial charge in [-0.25, -0.2) is 0 Å². The van der Waals surface area contributed by atoms with Crippen LogP contribution in [-0.4, -0.2) is 62.0 Å². The van der Waals surface area contributed by atoms with Crippen molar-refractivity contribution in [2.75, 3.05) is 33.9 Å². The monoisotopic (exact) mass is 504 g/mol. The molecule has 2 rings (SSSR count). The lowest BCUT2D eigenvalue weighted by Gasteiger charge is -2.29. The molecule has 1 aromatic rings. The fourth-order valence-corrected chi connectivity index (χ4v) is 4.15. The second kappa shape index (κ2) is 12.5. The standard InChI is InChI=1S/C20H32N4OS.HI/c1-21-20(23-17-9-6-10-18(14-17)26-4)22-12-11-15-7-5-8-16(13-15)19(25)24(2)3;/h5,7-8,13,17-18H,6,9-12,14H2,1-4H3,(H2,21,22,23);1H. The van der Waals surface area contributed by atoms with E-state index in [9.17, 15) is 4.79 Å². The fraction of sp³-hybridized carbons (Fsp3) is 0.600. The molecule has 7 heteroatoms. The van der Waals surface area contributed by atoms with Gasteiger partial charge in [0, 0.05) is 44.5 Å². The highest BCUT2D eigenvalue weighted by molar-refractivity contribution is 14.0. The third-order valence-electron chi connectivity index (χ3n) is 4.81. The summed E-state index contributed by atoms with van der Waals surface area (Å²) >= 11 is 1.97. The Bertz CT molecular complexity index is 624. The van der Waals surface area contributed by atoms with E-state index in [0.29, 0.717) is 6.04 Å². The molecule has 0 spiro atoms.